The molecule has 0 aromatic rings. The minimum absolute atomic E-state index is 0.0753. The molecule has 7 heteroatoms. The fourth-order valence-electron chi connectivity index (χ4n) is 2.14. The Morgan fingerprint density at radius 3 is 2.80 bits per heavy atom. The van der Waals surface area contributed by atoms with Gasteiger partial charge in [0.1, 0.15) is 0 Å². The minimum atomic E-state index is -0.913. The third kappa shape index (κ3) is 6.21. The molecule has 0 aromatic heterocycles. The molecule has 1 atom stereocenters. The number of hydrogen-bond donors (Lipinski definition) is 2. The van der Waals surface area contributed by atoms with Crippen molar-refractivity contribution in [1.29, 1.82) is 0 Å². The topological polar surface area (TPSA) is 82.1 Å². The van der Waals surface area contributed by atoms with Crippen LogP contribution in [0.5, 0.6) is 0 Å². The van der Waals surface area contributed by atoms with Gasteiger partial charge in [-0.3, -0.25) is 4.79 Å². The molecule has 0 aromatic carbocycles. The molecule has 0 spiro atoms. The van der Waals surface area contributed by atoms with E-state index in [-0.39, 0.29) is 18.5 Å². The zero-order valence-electron chi connectivity index (χ0n) is 12.3. The van der Waals surface area contributed by atoms with Gasteiger partial charge < -0.3 is 25.0 Å². The molecule has 0 bridgehead atoms. The zero-order valence-corrected chi connectivity index (χ0v) is 12.3. The quantitative estimate of drug-likeness (QED) is 0.654. The molecule has 1 fully saturated rings. The summed E-state index contributed by atoms with van der Waals surface area (Å²) in [7, 11) is 4.03. The van der Waals surface area contributed by atoms with E-state index in [1.165, 1.54) is 0 Å². The number of carbonyl (C=O) groups is 2. The fraction of sp³-hybridized carbons (Fsp3) is 0.846. The van der Waals surface area contributed by atoms with Crippen molar-refractivity contribution >= 4 is 12.0 Å². The molecule has 1 heterocycles. The number of carboxylic acid groups (broad SMARTS) is 1. The molecule has 1 unspecified atom stereocenters. The number of unbranched alkanes of at least 4 members (excludes halogenated alkanes) is 1. The Balaban J connectivity index is 2.30. The second kappa shape index (κ2) is 8.76. The summed E-state index contributed by atoms with van der Waals surface area (Å²) < 4.78 is 5.24. The molecule has 7 nitrogen and oxygen atoms in total. The number of carbonyl (C=O) groups excluding carboxylic acids is 1. The lowest BCUT2D eigenvalue weighted by Gasteiger charge is -2.34. The molecule has 1 aliphatic rings. The molecule has 0 radical (unpaired) electrons. The molecule has 0 saturated carbocycles. The van der Waals surface area contributed by atoms with Crippen molar-refractivity contribution in [3.05, 3.63) is 0 Å². The number of nitrogens with one attached hydrogen (secondary N) is 1. The molecule has 20 heavy (non-hydrogen) atoms. The second-order valence-electron chi connectivity index (χ2n) is 5.26. The van der Waals surface area contributed by atoms with Crippen LogP contribution in [0.1, 0.15) is 19.3 Å². The summed E-state index contributed by atoms with van der Waals surface area (Å²) in [5.74, 6) is -0.913. The van der Waals surface area contributed by atoms with E-state index in [2.05, 4.69) is 10.2 Å². The Labute approximate surface area is 119 Å². The van der Waals surface area contributed by atoms with Gasteiger partial charge in [0, 0.05) is 13.1 Å². The van der Waals surface area contributed by atoms with Crippen LogP contribution < -0.4 is 5.32 Å². The number of morpholine rings is 1. The van der Waals surface area contributed by atoms with Gasteiger partial charge in [-0.1, -0.05) is 0 Å². The Morgan fingerprint density at radius 1 is 1.40 bits per heavy atom. The highest BCUT2D eigenvalue weighted by molar-refractivity contribution is 5.76. The fourth-order valence-corrected chi connectivity index (χ4v) is 2.14. The summed E-state index contributed by atoms with van der Waals surface area (Å²) in [5, 5.41) is 11.7. The molecule has 0 aliphatic carbocycles. The molecular formula is C13H25N3O4. The zero-order chi connectivity index (χ0) is 15.0. The first kappa shape index (κ1) is 16.7. The molecular weight excluding hydrogens is 262 g/mol. The van der Waals surface area contributed by atoms with Crippen LogP contribution >= 0.6 is 0 Å². The first-order valence-electron chi connectivity index (χ1n) is 6.99. The van der Waals surface area contributed by atoms with Crippen LogP contribution in [0.25, 0.3) is 0 Å². The van der Waals surface area contributed by atoms with E-state index in [1.54, 1.807) is 4.90 Å². The van der Waals surface area contributed by atoms with Crippen LogP contribution in [0.2, 0.25) is 0 Å². The Hall–Kier alpha value is -1.34. The van der Waals surface area contributed by atoms with Crippen molar-refractivity contribution in [3.63, 3.8) is 0 Å². The molecule has 1 saturated heterocycles. The molecule has 116 valence electrons. The summed E-state index contributed by atoms with van der Waals surface area (Å²) in [6.07, 6.45) is 1.86. The maximum absolute atomic E-state index is 12.0. The SMILES string of the molecule is CN(C)CCCCNC(=O)N1CCOCC1CC(=O)O. The number of ether oxygens (including phenoxy) is 1. The molecule has 2 N–H and O–H groups in total. The van der Waals surface area contributed by atoms with Gasteiger partial charge in [0.05, 0.1) is 25.7 Å². The highest BCUT2D eigenvalue weighted by Gasteiger charge is 2.28. The minimum Gasteiger partial charge on any atom is -0.481 e. The van der Waals surface area contributed by atoms with Gasteiger partial charge in [-0.2, -0.15) is 0 Å². The standard InChI is InChI=1S/C13H25N3O4/c1-15(2)6-4-3-5-14-13(19)16-7-8-20-10-11(16)9-12(17)18/h11H,3-10H2,1-2H3,(H,14,19)(H,17,18). The van der Waals surface area contributed by atoms with Crippen LogP contribution in [-0.4, -0.2) is 79.9 Å². The first-order chi connectivity index (χ1) is 9.50. The number of rotatable bonds is 7. The largest absolute Gasteiger partial charge is 0.481 e. The first-order valence-corrected chi connectivity index (χ1v) is 6.99. The van der Waals surface area contributed by atoms with Crippen molar-refractivity contribution < 1.29 is 19.4 Å². The average Bonchev–Trinajstić information content (AvgIpc) is 2.37. The van der Waals surface area contributed by atoms with Gasteiger partial charge in [-0.15, -0.1) is 0 Å². The monoisotopic (exact) mass is 287 g/mol. The van der Waals surface area contributed by atoms with Crippen LogP contribution in [0.3, 0.4) is 0 Å². The lowest BCUT2D eigenvalue weighted by atomic mass is 10.1. The number of carboxylic acids is 1. The van der Waals surface area contributed by atoms with Crippen LogP contribution in [0, 0.1) is 0 Å². The predicted molar refractivity (Wildman–Crippen MR) is 74.8 cm³/mol. The summed E-state index contributed by atoms with van der Waals surface area (Å²) in [6.45, 7) is 2.81. The number of aliphatic carboxylic acids is 1. The third-order valence-electron chi connectivity index (χ3n) is 3.21. The van der Waals surface area contributed by atoms with Crippen LogP contribution in [0.4, 0.5) is 4.79 Å². The smallest absolute Gasteiger partial charge is 0.317 e. The van der Waals surface area contributed by atoms with Gasteiger partial charge in [0.2, 0.25) is 0 Å². The van der Waals surface area contributed by atoms with Crippen molar-refractivity contribution in [2.24, 2.45) is 0 Å². The van der Waals surface area contributed by atoms with E-state index >= 15 is 0 Å². The molecule has 1 aliphatic heterocycles. The van der Waals surface area contributed by atoms with E-state index in [0.717, 1.165) is 19.4 Å². The summed E-state index contributed by atoms with van der Waals surface area (Å²) in [6, 6.07) is -0.563. The Bertz CT molecular complexity index is 323. The second-order valence-corrected chi connectivity index (χ2v) is 5.26. The van der Waals surface area contributed by atoms with Gasteiger partial charge in [-0.25, -0.2) is 4.79 Å². The normalized spacial score (nSPS) is 19.1. The number of amides is 2. The Kier molecular flexibility index (Phi) is 7.32. The van der Waals surface area contributed by atoms with Gasteiger partial charge in [0.15, 0.2) is 0 Å². The highest BCUT2D eigenvalue weighted by atomic mass is 16.5. The van der Waals surface area contributed by atoms with E-state index in [4.69, 9.17) is 9.84 Å². The van der Waals surface area contributed by atoms with E-state index < -0.39 is 5.97 Å². The van der Waals surface area contributed by atoms with Crippen LogP contribution in [-0.2, 0) is 9.53 Å². The predicted octanol–water partition coefficient (Wildman–Crippen LogP) is 0.213. The Morgan fingerprint density at radius 2 is 2.15 bits per heavy atom. The number of urea groups is 1. The number of hydrogen-bond acceptors (Lipinski definition) is 4. The highest BCUT2D eigenvalue weighted by Crippen LogP contribution is 2.10. The van der Waals surface area contributed by atoms with Crippen LogP contribution in [0.15, 0.2) is 0 Å². The lowest BCUT2D eigenvalue weighted by Crippen LogP contribution is -2.53. The molecule has 2 amide bonds. The summed E-state index contributed by atoms with van der Waals surface area (Å²) >= 11 is 0. The van der Waals surface area contributed by atoms with Crippen molar-refractivity contribution in [2.75, 3.05) is 46.9 Å². The van der Waals surface area contributed by atoms with Crippen molar-refractivity contribution in [2.45, 2.75) is 25.3 Å². The lowest BCUT2D eigenvalue weighted by molar-refractivity contribution is -0.139. The maximum Gasteiger partial charge on any atom is 0.317 e. The van der Waals surface area contributed by atoms with E-state index in [1.807, 2.05) is 14.1 Å². The maximum atomic E-state index is 12.0. The van der Waals surface area contributed by atoms with E-state index in [0.29, 0.717) is 26.3 Å². The van der Waals surface area contributed by atoms with Crippen molar-refractivity contribution in [3.8, 4) is 0 Å². The summed E-state index contributed by atoms with van der Waals surface area (Å²) in [5.41, 5.74) is 0. The van der Waals surface area contributed by atoms with Gasteiger partial charge in [-0.05, 0) is 33.5 Å². The third-order valence-corrected chi connectivity index (χ3v) is 3.21. The van der Waals surface area contributed by atoms with Crippen molar-refractivity contribution in [1.82, 2.24) is 15.1 Å². The van der Waals surface area contributed by atoms with Gasteiger partial charge >= 0.3 is 12.0 Å². The summed E-state index contributed by atoms with van der Waals surface area (Å²) in [4.78, 5) is 26.5. The molecule has 1 rings (SSSR count). The average molecular weight is 287 g/mol. The van der Waals surface area contributed by atoms with E-state index in [9.17, 15) is 9.59 Å². The number of nitrogens with zero attached hydrogens (tertiary/aromatic N) is 2. The van der Waals surface area contributed by atoms with Gasteiger partial charge in [0.25, 0.3) is 0 Å².